The van der Waals surface area contributed by atoms with Crippen LogP contribution in [0.4, 0.5) is 0 Å². The predicted molar refractivity (Wildman–Crippen MR) is 53.9 cm³/mol. The van der Waals surface area contributed by atoms with E-state index in [0.29, 0.717) is 21.8 Å². The van der Waals surface area contributed by atoms with E-state index in [2.05, 4.69) is 15.1 Å². The van der Waals surface area contributed by atoms with Crippen LogP contribution in [-0.4, -0.2) is 19.7 Å². The summed E-state index contributed by atoms with van der Waals surface area (Å²) in [4.78, 5) is 8.11. The van der Waals surface area contributed by atoms with Gasteiger partial charge in [-0.15, -0.1) is 0 Å². The lowest BCUT2D eigenvalue weighted by Crippen LogP contribution is -2.00. The third-order valence-electron chi connectivity index (χ3n) is 1.58. The molecule has 14 heavy (non-hydrogen) atoms. The Hall–Kier alpha value is -1.13. The Morgan fingerprint density at radius 2 is 2.07 bits per heavy atom. The molecule has 0 N–H and O–H groups in total. The molecule has 0 fully saturated rings. The molecule has 0 radical (unpaired) electrons. The first-order valence-corrected chi connectivity index (χ1v) is 4.62. The van der Waals surface area contributed by atoms with Gasteiger partial charge in [-0.05, 0) is 6.92 Å². The molecule has 0 unspecified atom stereocenters. The first-order valence-electron chi connectivity index (χ1n) is 3.87. The first kappa shape index (κ1) is 9.43. The van der Waals surface area contributed by atoms with E-state index in [0.717, 1.165) is 0 Å². The van der Waals surface area contributed by atoms with Crippen molar-refractivity contribution in [1.29, 1.82) is 0 Å². The molecule has 2 aromatic rings. The number of hydrogen-bond donors (Lipinski definition) is 0. The van der Waals surface area contributed by atoms with Crippen LogP contribution in [0.3, 0.4) is 0 Å². The normalized spacial score (nSPS) is 10.5. The van der Waals surface area contributed by atoms with Crippen LogP contribution in [0.1, 0.15) is 5.82 Å². The molecule has 0 amide bonds. The fraction of sp³-hybridized carbons (Fsp3) is 0.125. The number of aromatic nitrogens is 4. The summed E-state index contributed by atoms with van der Waals surface area (Å²) in [5.41, 5.74) is 0. The zero-order valence-electron chi connectivity index (χ0n) is 7.28. The Bertz CT molecular complexity index is 446. The molecular weight excluding hydrogens is 223 g/mol. The number of rotatable bonds is 1. The molecule has 0 saturated heterocycles. The molecular formula is C8H6Cl2N4. The quantitative estimate of drug-likeness (QED) is 0.704. The Labute approximate surface area is 90.5 Å². The van der Waals surface area contributed by atoms with Gasteiger partial charge in [0.15, 0.2) is 5.82 Å². The fourth-order valence-corrected chi connectivity index (χ4v) is 1.42. The van der Waals surface area contributed by atoms with Crippen molar-refractivity contribution >= 4 is 23.2 Å². The molecule has 6 heteroatoms. The molecule has 4 nitrogen and oxygen atoms in total. The maximum absolute atomic E-state index is 5.78. The highest BCUT2D eigenvalue weighted by atomic mass is 35.5. The van der Waals surface area contributed by atoms with Crippen LogP contribution >= 0.6 is 23.2 Å². The molecule has 2 aromatic heterocycles. The van der Waals surface area contributed by atoms with Gasteiger partial charge in [-0.25, -0.2) is 14.6 Å². The Morgan fingerprint density at radius 3 is 2.64 bits per heavy atom. The standard InChI is InChI=1S/C8H6Cl2N4/c1-5-12-7(10)2-8(13-5)14-4-6(9)3-11-14/h2-4H,1H3. The lowest BCUT2D eigenvalue weighted by molar-refractivity contribution is 0.828. The highest BCUT2D eigenvalue weighted by Gasteiger charge is 2.03. The van der Waals surface area contributed by atoms with E-state index < -0.39 is 0 Å². The lowest BCUT2D eigenvalue weighted by atomic mass is 10.5. The van der Waals surface area contributed by atoms with Gasteiger partial charge >= 0.3 is 0 Å². The van der Waals surface area contributed by atoms with Crippen molar-refractivity contribution in [2.45, 2.75) is 6.92 Å². The van der Waals surface area contributed by atoms with Gasteiger partial charge in [-0.2, -0.15) is 5.10 Å². The van der Waals surface area contributed by atoms with E-state index in [1.165, 1.54) is 6.20 Å². The van der Waals surface area contributed by atoms with Crippen LogP contribution in [0.2, 0.25) is 10.2 Å². The van der Waals surface area contributed by atoms with Gasteiger partial charge in [0.05, 0.1) is 17.4 Å². The maximum atomic E-state index is 5.78. The van der Waals surface area contributed by atoms with Crippen molar-refractivity contribution in [3.05, 3.63) is 34.5 Å². The van der Waals surface area contributed by atoms with Crippen LogP contribution in [0.5, 0.6) is 0 Å². The third kappa shape index (κ3) is 1.86. The summed E-state index contributed by atoms with van der Waals surface area (Å²) in [5, 5.41) is 4.95. The monoisotopic (exact) mass is 228 g/mol. The zero-order valence-corrected chi connectivity index (χ0v) is 8.79. The number of aryl methyl sites for hydroxylation is 1. The van der Waals surface area contributed by atoms with Crippen molar-refractivity contribution in [2.75, 3.05) is 0 Å². The van der Waals surface area contributed by atoms with Crippen molar-refractivity contribution in [1.82, 2.24) is 19.7 Å². The van der Waals surface area contributed by atoms with Crippen LogP contribution in [0.25, 0.3) is 5.82 Å². The highest BCUT2D eigenvalue weighted by Crippen LogP contribution is 2.13. The second kappa shape index (κ2) is 3.55. The summed E-state index contributed by atoms with van der Waals surface area (Å²) in [6, 6.07) is 1.62. The molecule has 2 rings (SSSR count). The molecule has 72 valence electrons. The van der Waals surface area contributed by atoms with E-state index in [1.807, 2.05) is 0 Å². The van der Waals surface area contributed by atoms with Gasteiger partial charge in [-0.3, -0.25) is 0 Å². The van der Waals surface area contributed by atoms with E-state index in [1.54, 1.807) is 23.9 Å². The lowest BCUT2D eigenvalue weighted by Gasteiger charge is -2.01. The van der Waals surface area contributed by atoms with Gasteiger partial charge in [0, 0.05) is 6.07 Å². The topological polar surface area (TPSA) is 43.6 Å². The largest absolute Gasteiger partial charge is 0.221 e. The van der Waals surface area contributed by atoms with Crippen LogP contribution < -0.4 is 0 Å². The summed E-state index contributed by atoms with van der Waals surface area (Å²) in [5.74, 6) is 1.20. The number of halogens is 2. The zero-order chi connectivity index (χ0) is 10.1. The van der Waals surface area contributed by atoms with Crippen molar-refractivity contribution in [2.24, 2.45) is 0 Å². The summed E-state index contributed by atoms with van der Waals surface area (Å²) < 4.78 is 1.54. The van der Waals surface area contributed by atoms with Crippen molar-refractivity contribution in [3.63, 3.8) is 0 Å². The van der Waals surface area contributed by atoms with E-state index in [4.69, 9.17) is 23.2 Å². The Morgan fingerprint density at radius 1 is 1.29 bits per heavy atom. The van der Waals surface area contributed by atoms with Gasteiger partial charge in [0.1, 0.15) is 11.0 Å². The van der Waals surface area contributed by atoms with Crippen molar-refractivity contribution < 1.29 is 0 Å². The number of nitrogens with zero attached hydrogens (tertiary/aromatic N) is 4. The Kier molecular flexibility index (Phi) is 2.39. The minimum absolute atomic E-state index is 0.388. The minimum Gasteiger partial charge on any atom is -0.221 e. The SMILES string of the molecule is Cc1nc(Cl)cc(-n2cc(Cl)cn2)n1. The molecule has 0 atom stereocenters. The molecule has 0 spiro atoms. The second-order valence-electron chi connectivity index (χ2n) is 2.70. The molecule has 0 bridgehead atoms. The van der Waals surface area contributed by atoms with Crippen LogP contribution in [0, 0.1) is 6.92 Å². The average molecular weight is 229 g/mol. The number of hydrogen-bond acceptors (Lipinski definition) is 3. The van der Waals surface area contributed by atoms with Crippen molar-refractivity contribution in [3.8, 4) is 5.82 Å². The van der Waals surface area contributed by atoms with Crippen LogP contribution in [0.15, 0.2) is 18.5 Å². The Balaban J connectivity index is 2.51. The molecule has 0 aliphatic rings. The van der Waals surface area contributed by atoms with Gasteiger partial charge in [-0.1, -0.05) is 23.2 Å². The summed E-state index contributed by atoms with van der Waals surface area (Å²) in [6.07, 6.45) is 3.19. The fourth-order valence-electron chi connectivity index (χ4n) is 1.06. The molecule has 0 aliphatic carbocycles. The van der Waals surface area contributed by atoms with E-state index >= 15 is 0 Å². The predicted octanol–water partition coefficient (Wildman–Crippen LogP) is 2.28. The van der Waals surface area contributed by atoms with Gasteiger partial charge in [0.25, 0.3) is 0 Å². The third-order valence-corrected chi connectivity index (χ3v) is 1.97. The first-order chi connectivity index (χ1) is 6.65. The molecule has 0 aliphatic heterocycles. The van der Waals surface area contributed by atoms with E-state index in [9.17, 15) is 0 Å². The van der Waals surface area contributed by atoms with Gasteiger partial charge < -0.3 is 0 Å². The van der Waals surface area contributed by atoms with Gasteiger partial charge in [0.2, 0.25) is 0 Å². The molecule has 0 aromatic carbocycles. The minimum atomic E-state index is 0.388. The summed E-state index contributed by atoms with van der Waals surface area (Å²) in [7, 11) is 0. The average Bonchev–Trinajstić information content (AvgIpc) is 2.50. The summed E-state index contributed by atoms with van der Waals surface area (Å²) in [6.45, 7) is 1.76. The second-order valence-corrected chi connectivity index (χ2v) is 3.52. The molecule has 0 saturated carbocycles. The van der Waals surface area contributed by atoms with E-state index in [-0.39, 0.29) is 0 Å². The highest BCUT2D eigenvalue weighted by molar-refractivity contribution is 6.30. The van der Waals surface area contributed by atoms with Crippen LogP contribution in [-0.2, 0) is 0 Å². The molecule has 2 heterocycles. The maximum Gasteiger partial charge on any atom is 0.158 e. The smallest absolute Gasteiger partial charge is 0.158 e. The summed E-state index contributed by atoms with van der Waals surface area (Å²) >= 11 is 11.5.